The molecule has 2 aliphatic heterocycles. The fourth-order valence-corrected chi connectivity index (χ4v) is 3.54. The van der Waals surface area contributed by atoms with Gasteiger partial charge in [0.25, 0.3) is 0 Å². The van der Waals surface area contributed by atoms with Gasteiger partial charge in [-0.1, -0.05) is 12.1 Å². The molecule has 2 aliphatic rings. The molecule has 3 unspecified atom stereocenters. The highest BCUT2D eigenvalue weighted by Gasteiger charge is 2.37. The molecule has 3 rings (SSSR count). The second kappa shape index (κ2) is 4.98. The standard InChI is InChI=1S/C15H21FN2/c1-11(12-4-2-6-14(16)8-12)18-7-3-5-13-9-17-10-15(13)18/h2,4,6,8,11,13,15,17H,3,5,7,9-10H2,1H3. The van der Waals surface area contributed by atoms with Gasteiger partial charge in [-0.15, -0.1) is 0 Å². The second-order valence-corrected chi connectivity index (χ2v) is 5.60. The number of piperidine rings is 1. The van der Waals surface area contributed by atoms with Crippen LogP contribution in [-0.2, 0) is 0 Å². The predicted octanol–water partition coefficient (Wildman–Crippen LogP) is 2.57. The van der Waals surface area contributed by atoms with Crippen LogP contribution in [-0.4, -0.2) is 30.6 Å². The van der Waals surface area contributed by atoms with Crippen LogP contribution in [0, 0.1) is 11.7 Å². The van der Waals surface area contributed by atoms with E-state index in [1.807, 2.05) is 12.1 Å². The zero-order valence-corrected chi connectivity index (χ0v) is 10.9. The Balaban J connectivity index is 1.80. The summed E-state index contributed by atoms with van der Waals surface area (Å²) in [7, 11) is 0. The van der Waals surface area contributed by atoms with Crippen molar-refractivity contribution in [1.82, 2.24) is 10.2 Å². The minimum Gasteiger partial charge on any atom is -0.315 e. The van der Waals surface area contributed by atoms with Crippen molar-refractivity contribution >= 4 is 0 Å². The molecular formula is C15H21FN2. The maximum Gasteiger partial charge on any atom is 0.123 e. The van der Waals surface area contributed by atoms with E-state index in [-0.39, 0.29) is 5.82 Å². The number of fused-ring (bicyclic) bond motifs is 1. The molecule has 0 bridgehead atoms. The summed E-state index contributed by atoms with van der Waals surface area (Å²) in [5, 5.41) is 3.50. The average molecular weight is 248 g/mol. The summed E-state index contributed by atoms with van der Waals surface area (Å²) in [5.41, 5.74) is 1.10. The largest absolute Gasteiger partial charge is 0.315 e. The Morgan fingerprint density at radius 1 is 1.39 bits per heavy atom. The lowest BCUT2D eigenvalue weighted by molar-refractivity contribution is 0.0846. The second-order valence-electron chi connectivity index (χ2n) is 5.60. The number of rotatable bonds is 2. The number of likely N-dealkylation sites (tertiary alicyclic amines) is 1. The number of nitrogens with zero attached hydrogens (tertiary/aromatic N) is 1. The fraction of sp³-hybridized carbons (Fsp3) is 0.600. The molecule has 98 valence electrons. The number of hydrogen-bond acceptors (Lipinski definition) is 2. The SMILES string of the molecule is CC(c1cccc(F)c1)N1CCCC2CNCC21. The first kappa shape index (κ1) is 12.1. The third-order valence-corrected chi connectivity index (χ3v) is 4.55. The molecule has 0 amide bonds. The summed E-state index contributed by atoms with van der Waals surface area (Å²) >= 11 is 0. The predicted molar refractivity (Wildman–Crippen MR) is 70.9 cm³/mol. The Morgan fingerprint density at radius 2 is 2.28 bits per heavy atom. The Kier molecular flexibility index (Phi) is 3.35. The van der Waals surface area contributed by atoms with E-state index in [0.717, 1.165) is 31.1 Å². The van der Waals surface area contributed by atoms with Crippen molar-refractivity contribution in [2.75, 3.05) is 19.6 Å². The van der Waals surface area contributed by atoms with Gasteiger partial charge in [0.15, 0.2) is 0 Å². The molecule has 0 aromatic heterocycles. The number of benzene rings is 1. The van der Waals surface area contributed by atoms with Gasteiger partial charge < -0.3 is 5.32 Å². The summed E-state index contributed by atoms with van der Waals surface area (Å²) in [6, 6.07) is 8.00. The zero-order chi connectivity index (χ0) is 12.5. The normalized spacial score (nSPS) is 30.1. The van der Waals surface area contributed by atoms with Crippen LogP contribution in [0.4, 0.5) is 4.39 Å². The van der Waals surface area contributed by atoms with Gasteiger partial charge in [0, 0.05) is 18.6 Å². The van der Waals surface area contributed by atoms with E-state index < -0.39 is 0 Å². The van der Waals surface area contributed by atoms with Crippen molar-refractivity contribution in [1.29, 1.82) is 0 Å². The molecule has 1 N–H and O–H groups in total. The lowest BCUT2D eigenvalue weighted by Gasteiger charge is -2.41. The first-order valence-corrected chi connectivity index (χ1v) is 6.97. The summed E-state index contributed by atoms with van der Waals surface area (Å²) in [4.78, 5) is 2.56. The molecule has 0 aliphatic carbocycles. The first-order chi connectivity index (χ1) is 8.75. The van der Waals surface area contributed by atoms with Gasteiger partial charge in [-0.3, -0.25) is 4.90 Å². The quantitative estimate of drug-likeness (QED) is 0.865. The minimum absolute atomic E-state index is 0.127. The zero-order valence-electron chi connectivity index (χ0n) is 10.9. The molecule has 2 heterocycles. The number of hydrogen-bond donors (Lipinski definition) is 1. The van der Waals surface area contributed by atoms with Crippen LogP contribution in [0.3, 0.4) is 0 Å². The number of nitrogens with one attached hydrogen (secondary N) is 1. The van der Waals surface area contributed by atoms with Crippen molar-refractivity contribution in [3.8, 4) is 0 Å². The summed E-state index contributed by atoms with van der Waals surface area (Å²) in [5.74, 6) is 0.659. The van der Waals surface area contributed by atoms with Gasteiger partial charge in [-0.2, -0.15) is 0 Å². The van der Waals surface area contributed by atoms with Crippen molar-refractivity contribution < 1.29 is 4.39 Å². The van der Waals surface area contributed by atoms with Crippen LogP contribution in [0.25, 0.3) is 0 Å². The molecule has 1 aromatic carbocycles. The van der Waals surface area contributed by atoms with Gasteiger partial charge in [-0.25, -0.2) is 4.39 Å². The summed E-state index contributed by atoms with van der Waals surface area (Å²) in [6.07, 6.45) is 2.60. The Hall–Kier alpha value is -0.930. The first-order valence-electron chi connectivity index (χ1n) is 6.97. The molecule has 0 radical (unpaired) electrons. The van der Waals surface area contributed by atoms with Gasteiger partial charge in [0.1, 0.15) is 5.82 Å². The van der Waals surface area contributed by atoms with Crippen LogP contribution >= 0.6 is 0 Å². The van der Waals surface area contributed by atoms with Gasteiger partial charge >= 0.3 is 0 Å². The van der Waals surface area contributed by atoms with Crippen LogP contribution in [0.5, 0.6) is 0 Å². The lowest BCUT2D eigenvalue weighted by atomic mass is 9.90. The van der Waals surface area contributed by atoms with E-state index >= 15 is 0 Å². The molecule has 2 saturated heterocycles. The molecule has 18 heavy (non-hydrogen) atoms. The molecule has 0 spiro atoms. The van der Waals surface area contributed by atoms with Crippen molar-refractivity contribution in [3.63, 3.8) is 0 Å². The van der Waals surface area contributed by atoms with E-state index in [4.69, 9.17) is 0 Å². The Morgan fingerprint density at radius 3 is 3.11 bits per heavy atom. The Bertz CT molecular complexity index is 421. The average Bonchev–Trinajstić information content (AvgIpc) is 2.86. The molecule has 3 heteroatoms. The van der Waals surface area contributed by atoms with Crippen LogP contribution < -0.4 is 5.32 Å². The monoisotopic (exact) mass is 248 g/mol. The molecule has 1 aromatic rings. The topological polar surface area (TPSA) is 15.3 Å². The van der Waals surface area contributed by atoms with E-state index in [2.05, 4.69) is 17.1 Å². The van der Waals surface area contributed by atoms with Gasteiger partial charge in [0.2, 0.25) is 0 Å². The fourth-order valence-electron chi connectivity index (χ4n) is 3.54. The maximum absolute atomic E-state index is 13.3. The molecule has 2 nitrogen and oxygen atoms in total. The highest BCUT2D eigenvalue weighted by molar-refractivity contribution is 5.20. The van der Waals surface area contributed by atoms with Crippen LogP contribution in [0.2, 0.25) is 0 Å². The molecular weight excluding hydrogens is 227 g/mol. The molecule has 0 saturated carbocycles. The van der Waals surface area contributed by atoms with Gasteiger partial charge in [-0.05, 0) is 56.5 Å². The van der Waals surface area contributed by atoms with Gasteiger partial charge in [0.05, 0.1) is 0 Å². The summed E-state index contributed by atoms with van der Waals surface area (Å²) in [6.45, 7) is 5.58. The number of halogens is 1. The minimum atomic E-state index is -0.127. The third kappa shape index (κ3) is 2.17. The van der Waals surface area contributed by atoms with E-state index in [9.17, 15) is 4.39 Å². The molecule has 3 atom stereocenters. The van der Waals surface area contributed by atoms with E-state index in [1.165, 1.54) is 18.9 Å². The van der Waals surface area contributed by atoms with Crippen LogP contribution in [0.1, 0.15) is 31.4 Å². The highest BCUT2D eigenvalue weighted by Crippen LogP contribution is 2.33. The van der Waals surface area contributed by atoms with Crippen molar-refractivity contribution in [2.45, 2.75) is 31.8 Å². The lowest BCUT2D eigenvalue weighted by Crippen LogP contribution is -2.46. The highest BCUT2D eigenvalue weighted by atomic mass is 19.1. The maximum atomic E-state index is 13.3. The Labute approximate surface area is 108 Å². The molecule has 2 fully saturated rings. The third-order valence-electron chi connectivity index (χ3n) is 4.55. The van der Waals surface area contributed by atoms with E-state index in [1.54, 1.807) is 6.07 Å². The smallest absolute Gasteiger partial charge is 0.123 e. The van der Waals surface area contributed by atoms with Crippen LogP contribution in [0.15, 0.2) is 24.3 Å². The summed E-state index contributed by atoms with van der Waals surface area (Å²) < 4.78 is 13.3. The van der Waals surface area contributed by atoms with E-state index in [0.29, 0.717) is 12.1 Å². The van der Waals surface area contributed by atoms with Crippen molar-refractivity contribution in [2.24, 2.45) is 5.92 Å². The van der Waals surface area contributed by atoms with Crippen molar-refractivity contribution in [3.05, 3.63) is 35.6 Å².